The van der Waals surface area contributed by atoms with Crippen LogP contribution in [0.25, 0.3) is 0 Å². The second-order valence-corrected chi connectivity index (χ2v) is 5.80. The number of nitrogens with zero attached hydrogens (tertiary/aromatic N) is 1. The number of rotatable bonds is 2. The normalized spacial score (nSPS) is 17.2. The quantitative estimate of drug-likeness (QED) is 0.901. The van der Waals surface area contributed by atoms with E-state index < -0.39 is 5.54 Å². The SMILES string of the molecule is N#CC1(NC(=O)c2cc(Br)ccc2Cl)CCCC1. The second-order valence-electron chi connectivity index (χ2n) is 4.48. The number of carbonyl (C=O) groups is 1. The van der Waals surface area contributed by atoms with Crippen LogP contribution in [0.3, 0.4) is 0 Å². The number of nitriles is 1. The predicted molar refractivity (Wildman–Crippen MR) is 73.4 cm³/mol. The van der Waals surface area contributed by atoms with Crippen LogP contribution in [0.2, 0.25) is 5.02 Å². The standard InChI is InChI=1S/C13H12BrClN2O/c14-9-3-4-11(15)10(7-9)12(18)17-13(8-16)5-1-2-6-13/h3-4,7H,1-2,5-6H2,(H,17,18). The van der Waals surface area contributed by atoms with Crippen molar-refractivity contribution in [3.63, 3.8) is 0 Å². The van der Waals surface area contributed by atoms with Crippen LogP contribution in [0.15, 0.2) is 22.7 Å². The van der Waals surface area contributed by atoms with Gasteiger partial charge in [-0.3, -0.25) is 4.79 Å². The summed E-state index contributed by atoms with van der Waals surface area (Å²) in [6.45, 7) is 0. The number of nitrogens with one attached hydrogen (secondary N) is 1. The molecule has 0 aliphatic heterocycles. The lowest BCUT2D eigenvalue weighted by Gasteiger charge is -2.22. The zero-order valence-corrected chi connectivity index (χ0v) is 12.0. The van der Waals surface area contributed by atoms with Gasteiger partial charge in [0.2, 0.25) is 0 Å². The average Bonchev–Trinajstić information content (AvgIpc) is 2.81. The molecule has 94 valence electrons. The third kappa shape index (κ3) is 2.68. The van der Waals surface area contributed by atoms with Gasteiger partial charge in [-0.2, -0.15) is 5.26 Å². The highest BCUT2D eigenvalue weighted by Gasteiger charge is 2.35. The predicted octanol–water partition coefficient (Wildman–Crippen LogP) is 3.67. The van der Waals surface area contributed by atoms with E-state index in [-0.39, 0.29) is 5.91 Å². The Morgan fingerprint density at radius 1 is 1.44 bits per heavy atom. The number of carbonyl (C=O) groups excluding carboxylic acids is 1. The number of amides is 1. The van der Waals surface area contributed by atoms with Crippen LogP contribution in [0, 0.1) is 11.3 Å². The van der Waals surface area contributed by atoms with Gasteiger partial charge in [0.15, 0.2) is 0 Å². The van der Waals surface area contributed by atoms with Gasteiger partial charge >= 0.3 is 0 Å². The fourth-order valence-corrected chi connectivity index (χ4v) is 2.76. The average molecular weight is 328 g/mol. The van der Waals surface area contributed by atoms with Crippen LogP contribution in [-0.4, -0.2) is 11.4 Å². The summed E-state index contributed by atoms with van der Waals surface area (Å²) in [7, 11) is 0. The van der Waals surface area contributed by atoms with E-state index in [9.17, 15) is 10.1 Å². The van der Waals surface area contributed by atoms with Crippen LogP contribution in [0.1, 0.15) is 36.0 Å². The summed E-state index contributed by atoms with van der Waals surface area (Å²) in [5, 5.41) is 12.4. The lowest BCUT2D eigenvalue weighted by molar-refractivity contribution is 0.0921. The molecule has 1 aliphatic rings. The molecule has 3 nitrogen and oxygen atoms in total. The van der Waals surface area contributed by atoms with Gasteiger partial charge in [-0.25, -0.2) is 0 Å². The Morgan fingerprint density at radius 2 is 2.11 bits per heavy atom. The highest BCUT2D eigenvalue weighted by molar-refractivity contribution is 9.10. The van der Waals surface area contributed by atoms with E-state index in [4.69, 9.17) is 11.6 Å². The van der Waals surface area contributed by atoms with Gasteiger partial charge in [0.1, 0.15) is 5.54 Å². The number of hydrogen-bond acceptors (Lipinski definition) is 2. The van der Waals surface area contributed by atoms with E-state index in [1.807, 2.05) is 0 Å². The van der Waals surface area contributed by atoms with Crippen LogP contribution in [-0.2, 0) is 0 Å². The van der Waals surface area contributed by atoms with Gasteiger partial charge in [0.25, 0.3) is 5.91 Å². The van der Waals surface area contributed by atoms with Crippen LogP contribution < -0.4 is 5.32 Å². The Morgan fingerprint density at radius 3 is 2.72 bits per heavy atom. The van der Waals surface area contributed by atoms with Crippen LogP contribution in [0.5, 0.6) is 0 Å². The molecule has 1 aromatic carbocycles. The molecule has 0 unspecified atom stereocenters. The maximum Gasteiger partial charge on any atom is 0.254 e. The Hall–Kier alpha value is -1.05. The molecule has 1 fully saturated rings. The minimum Gasteiger partial charge on any atom is -0.334 e. The smallest absolute Gasteiger partial charge is 0.254 e. The lowest BCUT2D eigenvalue weighted by atomic mass is 9.99. The molecule has 0 heterocycles. The molecule has 0 spiro atoms. The minimum absolute atomic E-state index is 0.287. The van der Waals surface area contributed by atoms with Crippen LogP contribution in [0.4, 0.5) is 0 Å². The van der Waals surface area contributed by atoms with Gasteiger partial charge in [-0.1, -0.05) is 27.5 Å². The molecule has 1 amide bonds. The van der Waals surface area contributed by atoms with Crippen molar-refractivity contribution >= 4 is 33.4 Å². The maximum absolute atomic E-state index is 12.2. The third-order valence-electron chi connectivity index (χ3n) is 3.20. The molecule has 5 heteroatoms. The van der Waals surface area contributed by atoms with Crippen molar-refractivity contribution in [2.24, 2.45) is 0 Å². The maximum atomic E-state index is 12.2. The summed E-state index contributed by atoms with van der Waals surface area (Å²) in [6.07, 6.45) is 3.36. The molecule has 2 rings (SSSR count). The highest BCUT2D eigenvalue weighted by atomic mass is 79.9. The van der Waals surface area contributed by atoms with E-state index in [1.165, 1.54) is 0 Å². The number of halogens is 2. The first-order valence-electron chi connectivity index (χ1n) is 5.75. The molecule has 1 aromatic rings. The van der Waals surface area contributed by atoms with E-state index in [2.05, 4.69) is 27.3 Å². The summed E-state index contributed by atoms with van der Waals surface area (Å²) in [5.74, 6) is -0.287. The van der Waals surface area contributed by atoms with E-state index in [0.29, 0.717) is 23.4 Å². The molecular formula is C13H12BrClN2O. The Bertz CT molecular complexity index is 518. The van der Waals surface area contributed by atoms with E-state index in [1.54, 1.807) is 18.2 Å². The first kappa shape index (κ1) is 13.4. The van der Waals surface area contributed by atoms with Crippen molar-refractivity contribution in [2.75, 3.05) is 0 Å². The van der Waals surface area contributed by atoms with Crippen molar-refractivity contribution in [3.05, 3.63) is 33.3 Å². The van der Waals surface area contributed by atoms with E-state index >= 15 is 0 Å². The Kier molecular flexibility index (Phi) is 3.94. The fourth-order valence-electron chi connectivity index (χ4n) is 2.20. The molecule has 1 saturated carbocycles. The molecule has 0 saturated heterocycles. The van der Waals surface area contributed by atoms with Gasteiger partial charge in [-0.05, 0) is 43.9 Å². The number of hydrogen-bond donors (Lipinski definition) is 1. The van der Waals surface area contributed by atoms with Crippen molar-refractivity contribution < 1.29 is 4.79 Å². The summed E-state index contributed by atoms with van der Waals surface area (Å²) < 4.78 is 0.787. The first-order valence-corrected chi connectivity index (χ1v) is 6.92. The van der Waals surface area contributed by atoms with Crippen molar-refractivity contribution in [2.45, 2.75) is 31.2 Å². The van der Waals surface area contributed by atoms with Crippen LogP contribution >= 0.6 is 27.5 Å². The topological polar surface area (TPSA) is 52.9 Å². The number of benzene rings is 1. The highest BCUT2D eigenvalue weighted by Crippen LogP contribution is 2.30. The third-order valence-corrected chi connectivity index (χ3v) is 4.02. The zero-order chi connectivity index (χ0) is 13.2. The minimum atomic E-state index is -0.720. The van der Waals surface area contributed by atoms with Crippen molar-refractivity contribution in [1.29, 1.82) is 5.26 Å². The van der Waals surface area contributed by atoms with Gasteiger partial charge in [-0.15, -0.1) is 0 Å². The molecular weight excluding hydrogens is 316 g/mol. The molecule has 0 aromatic heterocycles. The molecule has 1 N–H and O–H groups in total. The van der Waals surface area contributed by atoms with Gasteiger partial charge in [0, 0.05) is 4.47 Å². The fraction of sp³-hybridized carbons (Fsp3) is 0.385. The van der Waals surface area contributed by atoms with Crippen molar-refractivity contribution in [1.82, 2.24) is 5.32 Å². The Balaban J connectivity index is 2.22. The molecule has 1 aliphatic carbocycles. The zero-order valence-electron chi connectivity index (χ0n) is 9.67. The Labute approximate surface area is 119 Å². The summed E-state index contributed by atoms with van der Waals surface area (Å²) in [5.41, 5.74) is -0.324. The monoisotopic (exact) mass is 326 g/mol. The molecule has 0 atom stereocenters. The van der Waals surface area contributed by atoms with E-state index in [0.717, 1.165) is 17.3 Å². The first-order chi connectivity index (χ1) is 8.56. The summed E-state index contributed by atoms with van der Waals surface area (Å²) >= 11 is 9.30. The summed E-state index contributed by atoms with van der Waals surface area (Å²) in [4.78, 5) is 12.2. The lowest BCUT2D eigenvalue weighted by Crippen LogP contribution is -2.45. The molecule has 0 radical (unpaired) electrons. The molecule has 0 bridgehead atoms. The second kappa shape index (κ2) is 5.29. The van der Waals surface area contributed by atoms with Crippen molar-refractivity contribution in [3.8, 4) is 6.07 Å². The van der Waals surface area contributed by atoms with Gasteiger partial charge in [0.05, 0.1) is 16.7 Å². The largest absolute Gasteiger partial charge is 0.334 e. The molecule has 18 heavy (non-hydrogen) atoms. The summed E-state index contributed by atoms with van der Waals surface area (Å²) in [6, 6.07) is 7.32. The van der Waals surface area contributed by atoms with Gasteiger partial charge < -0.3 is 5.32 Å².